The zero-order valence-electron chi connectivity index (χ0n) is 9.83. The molecule has 0 aromatic heterocycles. The van der Waals surface area contributed by atoms with Gasteiger partial charge in [-0.3, -0.25) is 9.69 Å². The van der Waals surface area contributed by atoms with Gasteiger partial charge in [0.2, 0.25) is 5.91 Å². The summed E-state index contributed by atoms with van der Waals surface area (Å²) in [6, 6.07) is 0.414. The smallest absolute Gasteiger partial charge is 0.234 e. The van der Waals surface area contributed by atoms with Crippen molar-refractivity contribution in [3.63, 3.8) is 0 Å². The molecule has 0 bridgehead atoms. The number of β-amino-alcohol motifs (C(OH)–C–C–N with tert-alkyl or cyclic N) is 1. The second-order valence-corrected chi connectivity index (χ2v) is 5.17. The Balaban J connectivity index is 1.70. The molecule has 1 heterocycles. The maximum Gasteiger partial charge on any atom is 0.234 e. The Morgan fingerprint density at radius 1 is 1.62 bits per heavy atom. The third kappa shape index (κ3) is 3.43. The van der Waals surface area contributed by atoms with Gasteiger partial charge in [-0.05, 0) is 32.9 Å². The molecule has 92 valence electrons. The second kappa shape index (κ2) is 4.69. The molecule has 2 aliphatic rings. The number of amides is 1. The molecule has 1 saturated carbocycles. The maximum atomic E-state index is 11.5. The molecule has 2 fully saturated rings. The van der Waals surface area contributed by atoms with Gasteiger partial charge in [0.25, 0.3) is 0 Å². The molecule has 5 heteroatoms. The number of likely N-dealkylation sites (N-methyl/N-ethyl adjacent to an activating group) is 1. The van der Waals surface area contributed by atoms with Gasteiger partial charge in [0, 0.05) is 19.1 Å². The number of rotatable bonds is 5. The number of nitrogens with one attached hydrogen (secondary N) is 2. The van der Waals surface area contributed by atoms with E-state index < -0.39 is 5.60 Å². The average Bonchev–Trinajstić information content (AvgIpc) is 2.87. The van der Waals surface area contributed by atoms with E-state index in [1.54, 1.807) is 0 Å². The van der Waals surface area contributed by atoms with E-state index in [1.165, 1.54) is 0 Å². The van der Waals surface area contributed by atoms with Crippen LogP contribution in [0.4, 0.5) is 0 Å². The Hall–Kier alpha value is -0.650. The summed E-state index contributed by atoms with van der Waals surface area (Å²) in [5, 5.41) is 16.2. The van der Waals surface area contributed by atoms with Crippen LogP contribution in [0.25, 0.3) is 0 Å². The normalized spacial score (nSPS) is 29.7. The standard InChI is InChI=1S/C11H21N3O2/c1-14(6-10(15)13-9-2-3-9)8-11(16)4-5-12-7-11/h9,12,16H,2-8H2,1H3,(H,13,15). The third-order valence-corrected chi connectivity index (χ3v) is 3.14. The van der Waals surface area contributed by atoms with Crippen LogP contribution in [0.5, 0.6) is 0 Å². The summed E-state index contributed by atoms with van der Waals surface area (Å²) >= 11 is 0. The minimum atomic E-state index is -0.658. The lowest BCUT2D eigenvalue weighted by Crippen LogP contribution is -2.46. The Labute approximate surface area is 96.2 Å². The fraction of sp³-hybridized carbons (Fsp3) is 0.909. The molecule has 1 unspecified atom stereocenters. The molecule has 1 saturated heterocycles. The molecule has 1 aliphatic carbocycles. The minimum absolute atomic E-state index is 0.0690. The van der Waals surface area contributed by atoms with Gasteiger partial charge < -0.3 is 15.7 Å². The summed E-state index contributed by atoms with van der Waals surface area (Å²) in [6.45, 7) is 2.41. The van der Waals surface area contributed by atoms with Crippen molar-refractivity contribution in [2.45, 2.75) is 30.9 Å². The maximum absolute atomic E-state index is 11.5. The van der Waals surface area contributed by atoms with Crippen molar-refractivity contribution >= 4 is 5.91 Å². The summed E-state index contributed by atoms with van der Waals surface area (Å²) in [4.78, 5) is 13.4. The molecular formula is C11H21N3O2. The number of hydrogen-bond acceptors (Lipinski definition) is 4. The molecule has 0 aromatic carbocycles. The van der Waals surface area contributed by atoms with Crippen LogP contribution in [0.1, 0.15) is 19.3 Å². The van der Waals surface area contributed by atoms with E-state index in [0.29, 0.717) is 25.7 Å². The molecule has 3 N–H and O–H groups in total. The molecule has 0 aromatic rings. The highest BCUT2D eigenvalue weighted by Crippen LogP contribution is 2.18. The molecule has 0 spiro atoms. The van der Waals surface area contributed by atoms with E-state index in [1.807, 2.05) is 11.9 Å². The molecular weight excluding hydrogens is 206 g/mol. The SMILES string of the molecule is CN(CC(=O)NC1CC1)CC1(O)CCNC1. The quantitative estimate of drug-likeness (QED) is 0.559. The first kappa shape index (κ1) is 11.8. The van der Waals surface area contributed by atoms with E-state index in [2.05, 4.69) is 10.6 Å². The van der Waals surface area contributed by atoms with Gasteiger partial charge in [0.05, 0.1) is 12.1 Å². The van der Waals surface area contributed by atoms with Crippen LogP contribution in [-0.4, -0.2) is 60.8 Å². The van der Waals surface area contributed by atoms with Crippen LogP contribution in [0.15, 0.2) is 0 Å². The number of carbonyl (C=O) groups excluding carboxylic acids is 1. The molecule has 5 nitrogen and oxygen atoms in total. The van der Waals surface area contributed by atoms with Crippen molar-refractivity contribution in [1.29, 1.82) is 0 Å². The highest BCUT2D eigenvalue weighted by atomic mass is 16.3. The van der Waals surface area contributed by atoms with Crippen LogP contribution < -0.4 is 10.6 Å². The Kier molecular flexibility index (Phi) is 3.47. The predicted molar refractivity (Wildman–Crippen MR) is 61.1 cm³/mol. The number of hydrogen-bond donors (Lipinski definition) is 3. The van der Waals surface area contributed by atoms with E-state index in [4.69, 9.17) is 0 Å². The van der Waals surface area contributed by atoms with Gasteiger partial charge in [-0.25, -0.2) is 0 Å². The molecule has 2 rings (SSSR count). The van der Waals surface area contributed by atoms with Gasteiger partial charge in [0.1, 0.15) is 0 Å². The van der Waals surface area contributed by atoms with Crippen LogP contribution in [0.3, 0.4) is 0 Å². The molecule has 1 aliphatic heterocycles. The number of aliphatic hydroxyl groups is 1. The molecule has 1 atom stereocenters. The Bertz CT molecular complexity index is 260. The monoisotopic (exact) mass is 227 g/mol. The first-order chi connectivity index (χ1) is 7.57. The van der Waals surface area contributed by atoms with Crippen LogP contribution in [-0.2, 0) is 4.79 Å². The van der Waals surface area contributed by atoms with Crippen molar-refractivity contribution in [3.05, 3.63) is 0 Å². The second-order valence-electron chi connectivity index (χ2n) is 5.17. The predicted octanol–water partition coefficient (Wildman–Crippen LogP) is -1.08. The first-order valence-corrected chi connectivity index (χ1v) is 5.98. The summed E-state index contributed by atoms with van der Waals surface area (Å²) in [5.74, 6) is 0.0690. The van der Waals surface area contributed by atoms with Crippen LogP contribution in [0, 0.1) is 0 Å². The lowest BCUT2D eigenvalue weighted by molar-refractivity contribution is -0.122. The summed E-state index contributed by atoms with van der Waals surface area (Å²) < 4.78 is 0. The summed E-state index contributed by atoms with van der Waals surface area (Å²) in [7, 11) is 1.88. The van der Waals surface area contributed by atoms with Crippen molar-refractivity contribution in [1.82, 2.24) is 15.5 Å². The molecule has 1 amide bonds. The fourth-order valence-corrected chi connectivity index (χ4v) is 2.17. The van der Waals surface area contributed by atoms with E-state index in [9.17, 15) is 9.90 Å². The van der Waals surface area contributed by atoms with E-state index in [0.717, 1.165) is 25.8 Å². The minimum Gasteiger partial charge on any atom is -0.387 e. The topological polar surface area (TPSA) is 64.6 Å². The first-order valence-electron chi connectivity index (χ1n) is 5.98. The lowest BCUT2D eigenvalue weighted by Gasteiger charge is -2.27. The van der Waals surface area contributed by atoms with Crippen molar-refractivity contribution < 1.29 is 9.90 Å². The van der Waals surface area contributed by atoms with Gasteiger partial charge in [-0.2, -0.15) is 0 Å². The van der Waals surface area contributed by atoms with Gasteiger partial charge >= 0.3 is 0 Å². The third-order valence-electron chi connectivity index (χ3n) is 3.14. The molecule has 0 radical (unpaired) electrons. The summed E-state index contributed by atoms with van der Waals surface area (Å²) in [6.07, 6.45) is 2.99. The van der Waals surface area contributed by atoms with Crippen LogP contribution >= 0.6 is 0 Å². The fourth-order valence-electron chi connectivity index (χ4n) is 2.17. The largest absolute Gasteiger partial charge is 0.387 e. The van der Waals surface area contributed by atoms with Crippen molar-refractivity contribution in [2.24, 2.45) is 0 Å². The van der Waals surface area contributed by atoms with Gasteiger partial charge in [-0.15, -0.1) is 0 Å². The zero-order chi connectivity index (χ0) is 11.6. The Morgan fingerprint density at radius 2 is 2.38 bits per heavy atom. The molecule has 16 heavy (non-hydrogen) atoms. The average molecular weight is 227 g/mol. The van der Waals surface area contributed by atoms with Crippen molar-refractivity contribution in [2.75, 3.05) is 33.2 Å². The van der Waals surface area contributed by atoms with Crippen LogP contribution in [0.2, 0.25) is 0 Å². The highest BCUT2D eigenvalue weighted by molar-refractivity contribution is 5.78. The zero-order valence-corrected chi connectivity index (χ0v) is 9.83. The highest BCUT2D eigenvalue weighted by Gasteiger charge is 2.32. The van der Waals surface area contributed by atoms with E-state index >= 15 is 0 Å². The van der Waals surface area contributed by atoms with Gasteiger partial charge in [-0.1, -0.05) is 0 Å². The number of carbonyl (C=O) groups is 1. The van der Waals surface area contributed by atoms with E-state index in [-0.39, 0.29) is 5.91 Å². The Morgan fingerprint density at radius 3 is 2.94 bits per heavy atom. The van der Waals surface area contributed by atoms with Crippen molar-refractivity contribution in [3.8, 4) is 0 Å². The lowest BCUT2D eigenvalue weighted by atomic mass is 10.0. The van der Waals surface area contributed by atoms with Gasteiger partial charge in [0.15, 0.2) is 0 Å². The number of nitrogens with zero attached hydrogens (tertiary/aromatic N) is 1. The summed E-state index contributed by atoms with van der Waals surface area (Å²) in [5.41, 5.74) is -0.658.